The van der Waals surface area contributed by atoms with E-state index in [4.69, 9.17) is 4.99 Å². The Morgan fingerprint density at radius 1 is 0.824 bits per heavy atom. The van der Waals surface area contributed by atoms with Crippen molar-refractivity contribution in [3.8, 4) is 0 Å². The zero-order valence-electron chi connectivity index (χ0n) is 23.2. The Balaban J connectivity index is 1.93. The van der Waals surface area contributed by atoms with Gasteiger partial charge in [0.15, 0.2) is 5.84 Å². The van der Waals surface area contributed by atoms with Crippen molar-refractivity contribution in [3.05, 3.63) is 12.2 Å². The number of carbonyl (C=O) groups is 1. The molecule has 0 saturated heterocycles. The molecule has 1 aliphatic heterocycles. The van der Waals surface area contributed by atoms with Crippen molar-refractivity contribution < 1.29 is 9.28 Å². The molecule has 1 N–H and O–H groups in total. The molecule has 0 spiro atoms. The zero-order valence-corrected chi connectivity index (χ0v) is 23.2. The fourth-order valence-corrected chi connectivity index (χ4v) is 5.21. The molecular weight excluding hydrogens is 418 g/mol. The van der Waals surface area contributed by atoms with E-state index < -0.39 is 0 Å². The van der Waals surface area contributed by atoms with Crippen molar-refractivity contribution in [2.45, 2.75) is 136 Å². The van der Waals surface area contributed by atoms with Gasteiger partial charge in [-0.05, 0) is 39.0 Å². The van der Waals surface area contributed by atoms with Crippen molar-refractivity contribution in [2.75, 3.05) is 32.7 Å². The summed E-state index contributed by atoms with van der Waals surface area (Å²) in [4.78, 5) is 16.0. The number of unbranched alkanes of at least 4 members (excludes halogenated alkanes) is 15. The summed E-state index contributed by atoms with van der Waals surface area (Å²) in [7, 11) is 0. The second kappa shape index (κ2) is 21.1. The Bertz CT molecular complexity index is 557. The molecule has 0 aromatic carbocycles. The first kappa shape index (κ1) is 30.9. The van der Waals surface area contributed by atoms with E-state index in [1.807, 2.05) is 0 Å². The van der Waals surface area contributed by atoms with Gasteiger partial charge in [0.2, 0.25) is 5.91 Å². The van der Waals surface area contributed by atoms with E-state index in [1.165, 1.54) is 115 Å². The molecule has 1 amide bonds. The molecule has 1 aliphatic rings. The molecule has 0 aliphatic carbocycles. The molecule has 34 heavy (non-hydrogen) atoms. The highest BCUT2D eigenvalue weighted by Gasteiger charge is 2.35. The molecule has 0 fully saturated rings. The summed E-state index contributed by atoms with van der Waals surface area (Å²) in [5.41, 5.74) is 0. The van der Waals surface area contributed by atoms with Crippen molar-refractivity contribution in [1.82, 2.24) is 5.32 Å². The molecule has 1 atom stereocenters. The minimum Gasteiger partial charge on any atom is -0.351 e. The highest BCUT2D eigenvalue weighted by Crippen LogP contribution is 2.20. The number of amides is 1. The molecule has 1 heterocycles. The maximum atomic E-state index is 11.2. The van der Waals surface area contributed by atoms with Crippen molar-refractivity contribution >= 4 is 11.7 Å². The van der Waals surface area contributed by atoms with E-state index in [-0.39, 0.29) is 5.91 Å². The van der Waals surface area contributed by atoms with Crippen LogP contribution in [0.4, 0.5) is 0 Å². The Kier molecular flexibility index (Phi) is 19.2. The molecular formula is C30H58N3O+. The van der Waals surface area contributed by atoms with Gasteiger partial charge in [0, 0.05) is 13.3 Å². The number of nitrogens with one attached hydrogen (secondary N) is 1. The SMILES string of the molecule is CCCCCCCCCCCC/C=C/CCCCCCCC1=NCC[N+]1(CC)CCNC(C)=O. The van der Waals surface area contributed by atoms with Crippen LogP contribution in [0.25, 0.3) is 0 Å². The van der Waals surface area contributed by atoms with Gasteiger partial charge in [0.1, 0.15) is 13.1 Å². The lowest BCUT2D eigenvalue weighted by Crippen LogP contribution is -2.54. The summed E-state index contributed by atoms with van der Waals surface area (Å²) < 4.78 is 0.990. The van der Waals surface area contributed by atoms with Crippen LogP contribution in [0.15, 0.2) is 17.1 Å². The second-order valence-corrected chi connectivity index (χ2v) is 10.4. The number of hydrogen-bond acceptors (Lipinski definition) is 2. The molecule has 0 aromatic heterocycles. The molecule has 198 valence electrons. The predicted molar refractivity (Wildman–Crippen MR) is 149 cm³/mol. The first-order valence-corrected chi connectivity index (χ1v) is 14.9. The van der Waals surface area contributed by atoms with E-state index in [1.54, 1.807) is 6.92 Å². The van der Waals surface area contributed by atoms with Crippen LogP contribution in [0.2, 0.25) is 0 Å². The number of amidine groups is 1. The zero-order chi connectivity index (χ0) is 24.7. The van der Waals surface area contributed by atoms with Gasteiger partial charge in [-0.2, -0.15) is 0 Å². The third-order valence-corrected chi connectivity index (χ3v) is 7.55. The standard InChI is InChI=1S/C30H57N3O/c1-4-6-7-8-9-10-11-12-13-14-15-16-17-18-19-20-21-22-23-24-30-32-26-28-33(30,5-2)27-25-31-29(3)34/h16-17H,4-15,18-28H2,1-3H3/p+1/b17-16+. The van der Waals surface area contributed by atoms with E-state index in [0.717, 1.165) is 43.6 Å². The first-order valence-electron chi connectivity index (χ1n) is 14.9. The lowest BCUT2D eigenvalue weighted by molar-refractivity contribution is -0.833. The third kappa shape index (κ3) is 15.0. The Labute approximate surface area is 212 Å². The average molecular weight is 477 g/mol. The maximum Gasteiger partial charge on any atom is 0.217 e. The topological polar surface area (TPSA) is 41.5 Å². The molecule has 4 heteroatoms. The lowest BCUT2D eigenvalue weighted by Gasteiger charge is -2.33. The van der Waals surface area contributed by atoms with Gasteiger partial charge < -0.3 is 5.32 Å². The Morgan fingerprint density at radius 2 is 1.35 bits per heavy atom. The number of nitrogens with zero attached hydrogens (tertiary/aromatic N) is 2. The van der Waals surface area contributed by atoms with Crippen LogP contribution >= 0.6 is 0 Å². The highest BCUT2D eigenvalue weighted by molar-refractivity contribution is 5.77. The van der Waals surface area contributed by atoms with Crippen LogP contribution in [0.1, 0.15) is 136 Å². The van der Waals surface area contributed by atoms with E-state index in [9.17, 15) is 4.79 Å². The van der Waals surface area contributed by atoms with E-state index in [0.29, 0.717) is 0 Å². The number of likely N-dealkylation sites (N-methyl/N-ethyl adjacent to an activating group) is 1. The van der Waals surface area contributed by atoms with Crippen LogP contribution in [-0.2, 0) is 4.79 Å². The minimum atomic E-state index is 0.0700. The smallest absolute Gasteiger partial charge is 0.217 e. The summed E-state index contributed by atoms with van der Waals surface area (Å²) in [5.74, 6) is 1.45. The number of quaternary nitrogens is 1. The van der Waals surface area contributed by atoms with Crippen LogP contribution in [0, 0.1) is 0 Å². The highest BCUT2D eigenvalue weighted by atomic mass is 16.1. The summed E-state index contributed by atoms with van der Waals surface area (Å²) in [6.45, 7) is 11.0. The largest absolute Gasteiger partial charge is 0.351 e. The molecule has 0 radical (unpaired) electrons. The lowest BCUT2D eigenvalue weighted by atomic mass is 10.1. The second-order valence-electron chi connectivity index (χ2n) is 10.4. The number of hydrogen-bond donors (Lipinski definition) is 1. The molecule has 0 saturated carbocycles. The van der Waals surface area contributed by atoms with Gasteiger partial charge in [-0.1, -0.05) is 96.1 Å². The summed E-state index contributed by atoms with van der Waals surface area (Å²) in [6.07, 6.45) is 29.3. The molecule has 4 nitrogen and oxygen atoms in total. The monoisotopic (exact) mass is 476 g/mol. The summed E-state index contributed by atoms with van der Waals surface area (Å²) in [5, 5.41) is 2.97. The molecule has 1 unspecified atom stereocenters. The third-order valence-electron chi connectivity index (χ3n) is 7.55. The maximum absolute atomic E-state index is 11.2. The van der Waals surface area contributed by atoms with Gasteiger partial charge in [0.25, 0.3) is 0 Å². The number of allylic oxidation sites excluding steroid dienone is 2. The number of aliphatic imine (C=N–C) groups is 1. The molecule has 0 aromatic rings. The normalized spacial score (nSPS) is 18.0. The fraction of sp³-hybridized carbons (Fsp3) is 0.867. The van der Waals surface area contributed by atoms with Gasteiger partial charge in [-0.3, -0.25) is 9.28 Å². The Morgan fingerprint density at radius 3 is 1.88 bits per heavy atom. The molecule has 0 bridgehead atoms. The summed E-state index contributed by atoms with van der Waals surface area (Å²) in [6, 6.07) is 0. The first-order chi connectivity index (χ1) is 16.6. The number of carbonyl (C=O) groups excluding carboxylic acids is 1. The average Bonchev–Trinajstić information content (AvgIpc) is 3.23. The van der Waals surface area contributed by atoms with Crippen molar-refractivity contribution in [1.29, 1.82) is 0 Å². The van der Waals surface area contributed by atoms with Gasteiger partial charge in [-0.25, -0.2) is 4.99 Å². The van der Waals surface area contributed by atoms with Gasteiger partial charge in [-0.15, -0.1) is 0 Å². The fourth-order valence-electron chi connectivity index (χ4n) is 5.21. The Hall–Kier alpha value is -1.16. The van der Waals surface area contributed by atoms with Crippen LogP contribution in [0.3, 0.4) is 0 Å². The van der Waals surface area contributed by atoms with Crippen LogP contribution in [-0.4, -0.2) is 48.9 Å². The minimum absolute atomic E-state index is 0.0700. The van der Waals surface area contributed by atoms with Crippen LogP contribution in [0.5, 0.6) is 0 Å². The van der Waals surface area contributed by atoms with Crippen LogP contribution < -0.4 is 5.32 Å². The van der Waals surface area contributed by atoms with Crippen molar-refractivity contribution in [3.63, 3.8) is 0 Å². The number of rotatable bonds is 23. The predicted octanol–water partition coefficient (Wildman–Crippen LogP) is 7.97. The van der Waals surface area contributed by atoms with Gasteiger partial charge >= 0.3 is 0 Å². The van der Waals surface area contributed by atoms with E-state index >= 15 is 0 Å². The molecule has 1 rings (SSSR count). The van der Waals surface area contributed by atoms with Crippen molar-refractivity contribution in [2.24, 2.45) is 4.99 Å². The van der Waals surface area contributed by atoms with Gasteiger partial charge in [0.05, 0.1) is 19.6 Å². The summed E-state index contributed by atoms with van der Waals surface area (Å²) >= 11 is 0. The van der Waals surface area contributed by atoms with E-state index in [2.05, 4.69) is 31.3 Å². The quantitative estimate of drug-likeness (QED) is 0.0906.